The molecule has 116 valence electrons. The number of carbonyl (C=O) groups is 1. The second-order valence-corrected chi connectivity index (χ2v) is 6.84. The molecule has 3 nitrogen and oxygen atoms in total. The van der Waals surface area contributed by atoms with Gasteiger partial charge in [-0.25, -0.2) is 0 Å². The summed E-state index contributed by atoms with van der Waals surface area (Å²) < 4.78 is 0. The van der Waals surface area contributed by atoms with Crippen LogP contribution in [0.2, 0.25) is 0 Å². The summed E-state index contributed by atoms with van der Waals surface area (Å²) in [5.41, 5.74) is 1.50. The molecular weight excluding hydrogens is 248 g/mol. The first-order valence-corrected chi connectivity index (χ1v) is 7.88. The molecule has 0 bridgehead atoms. The Bertz CT molecular complexity index is 349. The lowest BCUT2D eigenvalue weighted by atomic mass is 9.74. The quantitative estimate of drug-likeness (QED) is 0.698. The summed E-state index contributed by atoms with van der Waals surface area (Å²) in [7, 11) is 4.16. The van der Waals surface area contributed by atoms with Gasteiger partial charge in [0, 0.05) is 20.0 Å². The highest BCUT2D eigenvalue weighted by Crippen LogP contribution is 2.34. The predicted octanol–water partition coefficient (Wildman–Crippen LogP) is 3.03. The SMILES string of the molecule is CC(=O)N(CCCN(C)C)C[C@H]1[C@H](C)CC(C)=C[C@@H]1C. The van der Waals surface area contributed by atoms with E-state index in [-0.39, 0.29) is 5.91 Å². The Morgan fingerprint density at radius 2 is 1.95 bits per heavy atom. The second kappa shape index (κ2) is 7.82. The number of rotatable bonds is 6. The van der Waals surface area contributed by atoms with Crippen LogP contribution in [0.4, 0.5) is 0 Å². The molecule has 0 heterocycles. The molecule has 1 aliphatic rings. The van der Waals surface area contributed by atoms with Gasteiger partial charge in [0.1, 0.15) is 0 Å². The number of amides is 1. The van der Waals surface area contributed by atoms with Crippen molar-refractivity contribution in [1.29, 1.82) is 0 Å². The minimum atomic E-state index is 0.217. The van der Waals surface area contributed by atoms with E-state index in [1.54, 1.807) is 6.92 Å². The van der Waals surface area contributed by atoms with E-state index in [1.807, 2.05) is 0 Å². The van der Waals surface area contributed by atoms with Crippen LogP contribution in [0.5, 0.6) is 0 Å². The van der Waals surface area contributed by atoms with E-state index in [4.69, 9.17) is 0 Å². The molecule has 3 atom stereocenters. The molecule has 1 rings (SSSR count). The summed E-state index contributed by atoms with van der Waals surface area (Å²) in [5.74, 6) is 2.07. The van der Waals surface area contributed by atoms with Crippen LogP contribution in [-0.4, -0.2) is 49.4 Å². The van der Waals surface area contributed by atoms with Crippen molar-refractivity contribution >= 4 is 5.91 Å². The van der Waals surface area contributed by atoms with Crippen LogP contribution >= 0.6 is 0 Å². The van der Waals surface area contributed by atoms with E-state index in [1.165, 1.54) is 12.0 Å². The van der Waals surface area contributed by atoms with E-state index in [0.717, 1.165) is 26.1 Å². The fraction of sp³-hybridized carbons (Fsp3) is 0.824. The van der Waals surface area contributed by atoms with Crippen LogP contribution in [0.3, 0.4) is 0 Å². The molecule has 0 spiro atoms. The molecular formula is C17H32N2O. The van der Waals surface area contributed by atoms with Crippen molar-refractivity contribution in [3.63, 3.8) is 0 Å². The van der Waals surface area contributed by atoms with Crippen LogP contribution in [-0.2, 0) is 4.79 Å². The zero-order valence-corrected chi connectivity index (χ0v) is 14.1. The Labute approximate surface area is 125 Å². The van der Waals surface area contributed by atoms with Gasteiger partial charge in [0.25, 0.3) is 0 Å². The van der Waals surface area contributed by atoms with E-state index in [2.05, 4.69) is 50.7 Å². The van der Waals surface area contributed by atoms with Gasteiger partial charge < -0.3 is 9.80 Å². The first kappa shape index (κ1) is 17.2. The van der Waals surface area contributed by atoms with E-state index < -0.39 is 0 Å². The lowest BCUT2D eigenvalue weighted by molar-refractivity contribution is -0.130. The first-order chi connectivity index (χ1) is 9.31. The molecule has 1 aliphatic carbocycles. The molecule has 0 fully saturated rings. The van der Waals surface area contributed by atoms with Gasteiger partial charge in [-0.15, -0.1) is 0 Å². The minimum Gasteiger partial charge on any atom is -0.343 e. The maximum atomic E-state index is 11.9. The normalized spacial score (nSPS) is 26.6. The highest BCUT2D eigenvalue weighted by Gasteiger charge is 2.29. The average molecular weight is 280 g/mol. The van der Waals surface area contributed by atoms with Crippen molar-refractivity contribution in [3.8, 4) is 0 Å². The van der Waals surface area contributed by atoms with Crippen molar-refractivity contribution < 1.29 is 4.79 Å². The van der Waals surface area contributed by atoms with Gasteiger partial charge in [0.15, 0.2) is 0 Å². The molecule has 20 heavy (non-hydrogen) atoms. The summed E-state index contributed by atoms with van der Waals surface area (Å²) in [6.45, 7) is 11.4. The minimum absolute atomic E-state index is 0.217. The number of nitrogens with zero attached hydrogens (tertiary/aromatic N) is 2. The third kappa shape index (κ3) is 5.28. The van der Waals surface area contributed by atoms with Crippen LogP contribution in [0, 0.1) is 17.8 Å². The fourth-order valence-electron chi connectivity index (χ4n) is 3.37. The topological polar surface area (TPSA) is 23.6 Å². The first-order valence-electron chi connectivity index (χ1n) is 7.88. The molecule has 3 heteroatoms. The fourth-order valence-corrected chi connectivity index (χ4v) is 3.37. The van der Waals surface area contributed by atoms with Gasteiger partial charge in [-0.3, -0.25) is 4.79 Å². The molecule has 0 aromatic carbocycles. The number of allylic oxidation sites excluding steroid dienone is 2. The Morgan fingerprint density at radius 1 is 1.30 bits per heavy atom. The molecule has 0 N–H and O–H groups in total. The van der Waals surface area contributed by atoms with E-state index >= 15 is 0 Å². The van der Waals surface area contributed by atoms with Crippen molar-refractivity contribution in [1.82, 2.24) is 9.80 Å². The van der Waals surface area contributed by atoms with Gasteiger partial charge >= 0.3 is 0 Å². The van der Waals surface area contributed by atoms with Crippen LogP contribution in [0.1, 0.15) is 40.5 Å². The number of hydrogen-bond donors (Lipinski definition) is 0. The monoisotopic (exact) mass is 280 g/mol. The van der Waals surface area contributed by atoms with Gasteiger partial charge in [-0.2, -0.15) is 0 Å². The van der Waals surface area contributed by atoms with Crippen LogP contribution < -0.4 is 0 Å². The maximum absolute atomic E-state index is 11.9. The van der Waals surface area contributed by atoms with Crippen molar-refractivity contribution in [2.24, 2.45) is 17.8 Å². The third-order valence-corrected chi connectivity index (χ3v) is 4.51. The summed E-state index contributed by atoms with van der Waals surface area (Å²) in [4.78, 5) is 16.1. The van der Waals surface area contributed by atoms with E-state index in [9.17, 15) is 4.79 Å². The molecule has 0 saturated heterocycles. The molecule has 0 radical (unpaired) electrons. The van der Waals surface area contributed by atoms with Gasteiger partial charge in [0.2, 0.25) is 5.91 Å². The second-order valence-electron chi connectivity index (χ2n) is 6.84. The Hall–Kier alpha value is -0.830. The highest BCUT2D eigenvalue weighted by atomic mass is 16.2. The molecule has 1 amide bonds. The summed E-state index contributed by atoms with van der Waals surface area (Å²) in [6.07, 6.45) is 4.62. The zero-order valence-electron chi connectivity index (χ0n) is 14.1. The summed E-state index contributed by atoms with van der Waals surface area (Å²) >= 11 is 0. The molecule has 0 aromatic rings. The van der Waals surface area contributed by atoms with E-state index in [0.29, 0.717) is 17.8 Å². The lowest BCUT2D eigenvalue weighted by Crippen LogP contribution is -2.40. The number of carbonyl (C=O) groups excluding carboxylic acids is 1. The predicted molar refractivity (Wildman–Crippen MR) is 85.6 cm³/mol. The smallest absolute Gasteiger partial charge is 0.219 e. The average Bonchev–Trinajstić information content (AvgIpc) is 2.30. The highest BCUT2D eigenvalue weighted by molar-refractivity contribution is 5.73. The summed E-state index contributed by atoms with van der Waals surface area (Å²) in [5, 5.41) is 0. The van der Waals surface area contributed by atoms with Gasteiger partial charge in [0.05, 0.1) is 0 Å². The molecule has 0 saturated carbocycles. The summed E-state index contributed by atoms with van der Waals surface area (Å²) in [6, 6.07) is 0. The van der Waals surface area contributed by atoms with Crippen LogP contribution in [0.25, 0.3) is 0 Å². The Morgan fingerprint density at radius 3 is 2.45 bits per heavy atom. The van der Waals surface area contributed by atoms with Gasteiger partial charge in [-0.1, -0.05) is 25.5 Å². The lowest BCUT2D eigenvalue weighted by Gasteiger charge is -2.37. The maximum Gasteiger partial charge on any atom is 0.219 e. The third-order valence-electron chi connectivity index (χ3n) is 4.51. The largest absolute Gasteiger partial charge is 0.343 e. The standard InChI is InChI=1S/C17H32N2O/c1-13-10-14(2)17(15(3)11-13)12-19(16(4)20)9-7-8-18(5)6/h10,14-15,17H,7-9,11-12H2,1-6H3/t14-,15+,17+/m0/s1. The molecule has 0 aromatic heterocycles. The van der Waals surface area contributed by atoms with Crippen molar-refractivity contribution in [3.05, 3.63) is 11.6 Å². The number of hydrogen-bond acceptors (Lipinski definition) is 2. The van der Waals surface area contributed by atoms with Gasteiger partial charge in [-0.05, 0) is 58.2 Å². The van der Waals surface area contributed by atoms with Crippen molar-refractivity contribution in [2.45, 2.75) is 40.5 Å². The van der Waals surface area contributed by atoms with Crippen LogP contribution in [0.15, 0.2) is 11.6 Å². The molecule has 0 aliphatic heterocycles. The zero-order chi connectivity index (χ0) is 15.3. The Kier molecular flexibility index (Phi) is 6.74. The Balaban J connectivity index is 2.59. The molecule has 0 unspecified atom stereocenters. The van der Waals surface area contributed by atoms with Crippen molar-refractivity contribution in [2.75, 3.05) is 33.7 Å².